The van der Waals surface area contributed by atoms with Gasteiger partial charge in [0.25, 0.3) is 5.91 Å². The molecule has 1 aliphatic rings. The van der Waals surface area contributed by atoms with Crippen LogP contribution in [0.4, 0.5) is 0 Å². The molecule has 1 fully saturated rings. The SMILES string of the molecule is Cc1ccc(-c2cc(C[C@@]3(C(=O)NCC(C)C)CCCN3C(=O)c3cn(C)cn3)on2)cc1. The molecule has 2 aromatic heterocycles. The van der Waals surface area contributed by atoms with E-state index in [2.05, 4.69) is 15.5 Å². The molecular formula is C25H31N5O3. The highest BCUT2D eigenvalue weighted by molar-refractivity contribution is 5.98. The van der Waals surface area contributed by atoms with Crippen LogP contribution in [0, 0.1) is 12.8 Å². The van der Waals surface area contributed by atoms with Gasteiger partial charge in [-0.1, -0.05) is 48.8 Å². The minimum absolute atomic E-state index is 0.161. The molecule has 3 aromatic rings. The number of benzene rings is 1. The van der Waals surface area contributed by atoms with Crippen LogP contribution in [0.2, 0.25) is 0 Å². The Labute approximate surface area is 194 Å². The summed E-state index contributed by atoms with van der Waals surface area (Å²) in [4.78, 5) is 32.8. The molecule has 174 valence electrons. The summed E-state index contributed by atoms with van der Waals surface area (Å²) in [7, 11) is 1.82. The fraction of sp³-hybridized carbons (Fsp3) is 0.440. The van der Waals surface area contributed by atoms with Crippen LogP contribution in [-0.4, -0.2) is 50.1 Å². The number of hydrogen-bond acceptors (Lipinski definition) is 5. The van der Waals surface area contributed by atoms with E-state index in [0.717, 1.165) is 17.5 Å². The van der Waals surface area contributed by atoms with Gasteiger partial charge in [-0.2, -0.15) is 0 Å². The second-order valence-electron chi connectivity index (χ2n) is 9.34. The van der Waals surface area contributed by atoms with E-state index in [9.17, 15) is 9.59 Å². The van der Waals surface area contributed by atoms with Gasteiger partial charge < -0.3 is 19.3 Å². The average molecular weight is 450 g/mol. The molecule has 8 nitrogen and oxygen atoms in total. The van der Waals surface area contributed by atoms with Crippen LogP contribution < -0.4 is 5.32 Å². The zero-order chi connectivity index (χ0) is 23.6. The molecule has 1 aromatic carbocycles. The van der Waals surface area contributed by atoms with E-state index in [-0.39, 0.29) is 18.2 Å². The first-order chi connectivity index (χ1) is 15.8. The Balaban J connectivity index is 1.65. The van der Waals surface area contributed by atoms with Gasteiger partial charge in [-0.05, 0) is 25.7 Å². The first-order valence-electron chi connectivity index (χ1n) is 11.4. The zero-order valence-corrected chi connectivity index (χ0v) is 19.7. The van der Waals surface area contributed by atoms with Crippen molar-refractivity contribution in [1.29, 1.82) is 0 Å². The number of carbonyl (C=O) groups is 2. The van der Waals surface area contributed by atoms with E-state index in [1.165, 1.54) is 0 Å². The highest BCUT2D eigenvalue weighted by Gasteiger charge is 2.51. The number of likely N-dealkylation sites (tertiary alicyclic amines) is 1. The summed E-state index contributed by atoms with van der Waals surface area (Å²) in [5.74, 6) is 0.467. The van der Waals surface area contributed by atoms with Crippen LogP contribution in [0.1, 0.15) is 48.5 Å². The molecule has 33 heavy (non-hydrogen) atoms. The molecule has 3 heterocycles. The average Bonchev–Trinajstić information content (AvgIpc) is 3.53. The van der Waals surface area contributed by atoms with E-state index in [1.807, 2.05) is 58.2 Å². The minimum atomic E-state index is -1.05. The Morgan fingerprint density at radius 3 is 2.67 bits per heavy atom. The number of rotatable bonds is 7. The van der Waals surface area contributed by atoms with Crippen molar-refractivity contribution in [1.82, 2.24) is 24.9 Å². The molecule has 0 aliphatic carbocycles. The van der Waals surface area contributed by atoms with Crippen molar-refractivity contribution in [3.63, 3.8) is 0 Å². The first-order valence-corrected chi connectivity index (χ1v) is 11.4. The van der Waals surface area contributed by atoms with Gasteiger partial charge in [0.05, 0.1) is 6.33 Å². The molecule has 1 saturated heterocycles. The number of imidazole rings is 1. The summed E-state index contributed by atoms with van der Waals surface area (Å²) in [5.41, 5.74) is 2.11. The normalized spacial score (nSPS) is 18.2. The van der Waals surface area contributed by atoms with Crippen molar-refractivity contribution in [3.05, 3.63) is 59.9 Å². The van der Waals surface area contributed by atoms with Gasteiger partial charge in [0.1, 0.15) is 22.7 Å². The van der Waals surface area contributed by atoms with E-state index in [0.29, 0.717) is 42.6 Å². The molecule has 1 aliphatic heterocycles. The van der Waals surface area contributed by atoms with Gasteiger partial charge in [-0.3, -0.25) is 9.59 Å². The predicted octanol–water partition coefficient (Wildman–Crippen LogP) is 3.37. The summed E-state index contributed by atoms with van der Waals surface area (Å²) in [6.07, 6.45) is 4.81. The summed E-state index contributed by atoms with van der Waals surface area (Å²) in [6.45, 7) is 7.15. The molecule has 0 spiro atoms. The number of nitrogens with one attached hydrogen (secondary N) is 1. The van der Waals surface area contributed by atoms with Crippen LogP contribution in [0.5, 0.6) is 0 Å². The van der Waals surface area contributed by atoms with E-state index in [4.69, 9.17) is 4.52 Å². The van der Waals surface area contributed by atoms with Gasteiger partial charge in [0.2, 0.25) is 5.91 Å². The van der Waals surface area contributed by atoms with Gasteiger partial charge in [0, 0.05) is 44.4 Å². The predicted molar refractivity (Wildman–Crippen MR) is 124 cm³/mol. The van der Waals surface area contributed by atoms with Gasteiger partial charge >= 0.3 is 0 Å². The Kier molecular flexibility index (Phi) is 6.35. The maximum atomic E-state index is 13.5. The Morgan fingerprint density at radius 2 is 2.00 bits per heavy atom. The number of aromatic nitrogens is 3. The highest BCUT2D eigenvalue weighted by Crippen LogP contribution is 2.35. The van der Waals surface area contributed by atoms with E-state index < -0.39 is 5.54 Å². The monoisotopic (exact) mass is 449 g/mol. The second-order valence-corrected chi connectivity index (χ2v) is 9.34. The van der Waals surface area contributed by atoms with Crippen molar-refractivity contribution < 1.29 is 14.1 Å². The fourth-order valence-corrected chi connectivity index (χ4v) is 4.34. The van der Waals surface area contributed by atoms with Crippen molar-refractivity contribution in [3.8, 4) is 11.3 Å². The third-order valence-electron chi connectivity index (χ3n) is 6.12. The lowest BCUT2D eigenvalue weighted by Gasteiger charge is -2.36. The Bertz CT molecular complexity index is 1130. The van der Waals surface area contributed by atoms with Gasteiger partial charge in [0.15, 0.2) is 0 Å². The zero-order valence-electron chi connectivity index (χ0n) is 19.7. The lowest BCUT2D eigenvalue weighted by molar-refractivity contribution is -0.131. The van der Waals surface area contributed by atoms with Crippen LogP contribution in [0.3, 0.4) is 0 Å². The molecular weight excluding hydrogens is 418 g/mol. The molecule has 2 amide bonds. The lowest BCUT2D eigenvalue weighted by Crippen LogP contribution is -2.59. The molecule has 0 radical (unpaired) electrons. The molecule has 4 rings (SSSR count). The van der Waals surface area contributed by atoms with Crippen molar-refractivity contribution in [2.24, 2.45) is 13.0 Å². The number of aryl methyl sites for hydroxylation is 2. The van der Waals surface area contributed by atoms with Gasteiger partial charge in [-0.15, -0.1) is 0 Å². The summed E-state index contributed by atoms with van der Waals surface area (Å²) < 4.78 is 7.39. The minimum Gasteiger partial charge on any atom is -0.361 e. The molecule has 1 atom stereocenters. The maximum Gasteiger partial charge on any atom is 0.274 e. The van der Waals surface area contributed by atoms with E-state index >= 15 is 0 Å². The first kappa shape index (κ1) is 22.8. The lowest BCUT2D eigenvalue weighted by atomic mass is 9.88. The third kappa shape index (κ3) is 4.69. The fourth-order valence-electron chi connectivity index (χ4n) is 4.34. The summed E-state index contributed by atoms with van der Waals surface area (Å²) in [5, 5.41) is 7.28. The van der Waals surface area contributed by atoms with Crippen molar-refractivity contribution >= 4 is 11.8 Å². The van der Waals surface area contributed by atoms with Gasteiger partial charge in [-0.25, -0.2) is 4.98 Å². The number of hydrogen-bond donors (Lipinski definition) is 1. The largest absolute Gasteiger partial charge is 0.361 e. The quantitative estimate of drug-likeness (QED) is 0.597. The summed E-state index contributed by atoms with van der Waals surface area (Å²) in [6, 6.07) is 9.90. The van der Waals surface area contributed by atoms with Crippen molar-refractivity contribution in [2.75, 3.05) is 13.1 Å². The number of amides is 2. The van der Waals surface area contributed by atoms with Crippen LogP contribution >= 0.6 is 0 Å². The standard InChI is InChI=1S/C25H31N5O3/c1-17(2)14-26-24(32)25(10-5-11-30(25)23(31)22-15-29(4)16-27-22)13-20-12-21(28-33-20)19-8-6-18(3)7-9-19/h6-9,12,15-17H,5,10-11,13-14H2,1-4H3,(H,26,32)/t25-/m1/s1. The van der Waals surface area contributed by atoms with Crippen LogP contribution in [0.25, 0.3) is 11.3 Å². The molecule has 8 heteroatoms. The highest BCUT2D eigenvalue weighted by atomic mass is 16.5. The maximum absolute atomic E-state index is 13.5. The molecule has 0 saturated carbocycles. The number of nitrogens with zero attached hydrogens (tertiary/aromatic N) is 4. The second kappa shape index (κ2) is 9.21. The van der Waals surface area contributed by atoms with E-state index in [1.54, 1.807) is 22.0 Å². The summed E-state index contributed by atoms with van der Waals surface area (Å²) >= 11 is 0. The molecule has 1 N–H and O–H groups in total. The van der Waals surface area contributed by atoms with Crippen molar-refractivity contribution in [2.45, 2.75) is 45.6 Å². The third-order valence-corrected chi connectivity index (χ3v) is 6.12. The Hall–Kier alpha value is -3.42. The topological polar surface area (TPSA) is 93.3 Å². The smallest absolute Gasteiger partial charge is 0.274 e. The van der Waals surface area contributed by atoms with Crippen LogP contribution in [-0.2, 0) is 18.3 Å². The molecule has 0 bridgehead atoms. The number of carbonyl (C=O) groups excluding carboxylic acids is 2. The Morgan fingerprint density at radius 1 is 1.24 bits per heavy atom. The van der Waals surface area contributed by atoms with Crippen LogP contribution in [0.15, 0.2) is 47.4 Å². The molecule has 0 unspecified atom stereocenters.